The van der Waals surface area contributed by atoms with E-state index in [0.717, 1.165) is 22.9 Å². The lowest BCUT2D eigenvalue weighted by molar-refractivity contribution is -0.131. The molecule has 17 heavy (non-hydrogen) atoms. The van der Waals surface area contributed by atoms with Gasteiger partial charge in [-0.2, -0.15) is 0 Å². The molecule has 1 rings (SSSR count). The van der Waals surface area contributed by atoms with Crippen molar-refractivity contribution in [1.82, 2.24) is 5.32 Å². The molecule has 0 aromatic carbocycles. The normalized spacial score (nSPS) is 10.7. The van der Waals surface area contributed by atoms with E-state index in [1.807, 2.05) is 13.8 Å². The predicted octanol–water partition coefficient (Wildman–Crippen LogP) is 2.29. The van der Waals surface area contributed by atoms with Gasteiger partial charge in [-0.15, -0.1) is 11.3 Å². The summed E-state index contributed by atoms with van der Waals surface area (Å²) in [7, 11) is 0. The van der Waals surface area contributed by atoms with E-state index in [0.29, 0.717) is 11.4 Å². The van der Waals surface area contributed by atoms with Crippen LogP contribution in [-0.4, -0.2) is 23.5 Å². The van der Waals surface area contributed by atoms with E-state index in [2.05, 4.69) is 5.32 Å². The van der Waals surface area contributed by atoms with Crippen LogP contribution in [-0.2, 0) is 4.79 Å². The first kappa shape index (κ1) is 13.4. The predicted molar refractivity (Wildman–Crippen MR) is 68.4 cm³/mol. The Balaban J connectivity index is 2.80. The van der Waals surface area contributed by atoms with Gasteiger partial charge in [0, 0.05) is 17.5 Å². The number of carbonyl (C=O) groups is 2. The summed E-state index contributed by atoms with van der Waals surface area (Å²) in [6.45, 7) is 4.49. The van der Waals surface area contributed by atoms with Gasteiger partial charge in [0.15, 0.2) is 0 Å². The smallest absolute Gasteiger partial charge is 0.328 e. The van der Waals surface area contributed by atoms with Crippen LogP contribution in [0.5, 0.6) is 0 Å². The van der Waals surface area contributed by atoms with E-state index in [1.54, 1.807) is 6.07 Å². The zero-order chi connectivity index (χ0) is 12.8. The molecule has 0 atom stereocenters. The number of aliphatic carboxylic acids is 1. The summed E-state index contributed by atoms with van der Waals surface area (Å²) >= 11 is 1.30. The SMILES string of the molecule is CCCNC(=O)c1cc(C)c(C=CC(=O)O)s1. The van der Waals surface area contributed by atoms with Crippen molar-refractivity contribution in [2.24, 2.45) is 0 Å². The zero-order valence-electron chi connectivity index (χ0n) is 9.82. The Morgan fingerprint density at radius 2 is 2.24 bits per heavy atom. The molecule has 1 aromatic heterocycles. The molecule has 4 nitrogen and oxygen atoms in total. The van der Waals surface area contributed by atoms with Crippen LogP contribution in [0.1, 0.15) is 33.5 Å². The molecule has 2 N–H and O–H groups in total. The molecular weight excluding hydrogens is 238 g/mol. The minimum Gasteiger partial charge on any atom is -0.478 e. The van der Waals surface area contributed by atoms with Gasteiger partial charge in [-0.25, -0.2) is 4.79 Å². The Kier molecular flexibility index (Phi) is 4.90. The Morgan fingerprint density at radius 1 is 1.53 bits per heavy atom. The average Bonchev–Trinajstić information content (AvgIpc) is 2.65. The first-order valence-corrected chi connectivity index (χ1v) is 6.16. The lowest BCUT2D eigenvalue weighted by atomic mass is 10.2. The fourth-order valence-electron chi connectivity index (χ4n) is 1.25. The number of hydrogen-bond acceptors (Lipinski definition) is 3. The fraction of sp³-hybridized carbons (Fsp3) is 0.333. The van der Waals surface area contributed by atoms with Gasteiger partial charge < -0.3 is 10.4 Å². The molecule has 0 aliphatic carbocycles. The number of carbonyl (C=O) groups excluding carboxylic acids is 1. The molecule has 0 saturated carbocycles. The van der Waals surface area contributed by atoms with Gasteiger partial charge in [-0.05, 0) is 31.1 Å². The summed E-state index contributed by atoms with van der Waals surface area (Å²) in [5.41, 5.74) is 0.911. The van der Waals surface area contributed by atoms with E-state index in [1.165, 1.54) is 17.4 Å². The molecule has 0 radical (unpaired) electrons. The second-order valence-electron chi connectivity index (χ2n) is 3.59. The highest BCUT2D eigenvalue weighted by Gasteiger charge is 2.10. The zero-order valence-corrected chi connectivity index (χ0v) is 10.6. The van der Waals surface area contributed by atoms with Gasteiger partial charge in [-0.3, -0.25) is 4.79 Å². The number of amides is 1. The van der Waals surface area contributed by atoms with Crippen LogP contribution < -0.4 is 5.32 Å². The molecule has 0 fully saturated rings. The summed E-state index contributed by atoms with van der Waals surface area (Å²) in [4.78, 5) is 23.5. The van der Waals surface area contributed by atoms with Gasteiger partial charge in [0.1, 0.15) is 0 Å². The molecule has 0 aliphatic heterocycles. The number of carboxylic acids is 1. The molecular formula is C12H15NO3S. The van der Waals surface area contributed by atoms with Gasteiger partial charge >= 0.3 is 5.97 Å². The van der Waals surface area contributed by atoms with Crippen molar-refractivity contribution in [2.75, 3.05) is 6.54 Å². The molecule has 0 aliphatic rings. The van der Waals surface area contributed by atoms with E-state index in [4.69, 9.17) is 5.11 Å². The van der Waals surface area contributed by atoms with E-state index in [9.17, 15) is 9.59 Å². The number of thiophene rings is 1. The summed E-state index contributed by atoms with van der Waals surface area (Å²) in [6.07, 6.45) is 3.48. The molecule has 1 amide bonds. The number of nitrogens with one attached hydrogen (secondary N) is 1. The van der Waals surface area contributed by atoms with Crippen molar-refractivity contribution in [3.8, 4) is 0 Å². The number of hydrogen-bond donors (Lipinski definition) is 2. The van der Waals surface area contributed by atoms with Crippen LogP contribution >= 0.6 is 11.3 Å². The third-order valence-corrected chi connectivity index (χ3v) is 3.29. The van der Waals surface area contributed by atoms with Gasteiger partial charge in [-0.1, -0.05) is 6.92 Å². The largest absolute Gasteiger partial charge is 0.478 e. The second kappa shape index (κ2) is 6.20. The van der Waals surface area contributed by atoms with E-state index in [-0.39, 0.29) is 5.91 Å². The molecule has 1 heterocycles. The molecule has 1 aromatic rings. The Bertz CT molecular complexity index is 449. The topological polar surface area (TPSA) is 66.4 Å². The van der Waals surface area contributed by atoms with Gasteiger partial charge in [0.2, 0.25) is 0 Å². The third-order valence-electron chi connectivity index (χ3n) is 2.09. The lowest BCUT2D eigenvalue weighted by Gasteiger charge is -1.99. The molecule has 5 heteroatoms. The third kappa shape index (κ3) is 4.03. The summed E-state index contributed by atoms with van der Waals surface area (Å²) < 4.78 is 0. The van der Waals surface area contributed by atoms with Crippen LogP contribution in [0.25, 0.3) is 6.08 Å². The van der Waals surface area contributed by atoms with Gasteiger partial charge in [0.25, 0.3) is 5.91 Å². The average molecular weight is 253 g/mol. The van der Waals surface area contributed by atoms with Crippen molar-refractivity contribution in [1.29, 1.82) is 0 Å². The fourth-order valence-corrected chi connectivity index (χ4v) is 2.24. The maximum atomic E-state index is 11.7. The monoisotopic (exact) mass is 253 g/mol. The number of carboxylic acid groups (broad SMARTS) is 1. The summed E-state index contributed by atoms with van der Waals surface area (Å²) in [6, 6.07) is 1.77. The first-order valence-electron chi connectivity index (χ1n) is 5.34. The molecule has 0 bridgehead atoms. The lowest BCUT2D eigenvalue weighted by Crippen LogP contribution is -2.22. The quantitative estimate of drug-likeness (QED) is 0.791. The molecule has 92 valence electrons. The van der Waals surface area contributed by atoms with Crippen LogP contribution in [0.3, 0.4) is 0 Å². The minimum absolute atomic E-state index is 0.102. The van der Waals surface area contributed by atoms with E-state index < -0.39 is 5.97 Å². The molecule has 0 unspecified atom stereocenters. The molecule has 0 spiro atoms. The first-order chi connectivity index (χ1) is 8.04. The van der Waals surface area contributed by atoms with Crippen molar-refractivity contribution < 1.29 is 14.7 Å². The Morgan fingerprint density at radius 3 is 2.82 bits per heavy atom. The minimum atomic E-state index is -0.991. The Hall–Kier alpha value is -1.62. The highest BCUT2D eigenvalue weighted by Crippen LogP contribution is 2.23. The highest BCUT2D eigenvalue weighted by atomic mass is 32.1. The van der Waals surface area contributed by atoms with Gasteiger partial charge in [0.05, 0.1) is 4.88 Å². The van der Waals surface area contributed by atoms with Crippen molar-refractivity contribution in [3.05, 3.63) is 27.5 Å². The van der Waals surface area contributed by atoms with Crippen molar-refractivity contribution >= 4 is 29.3 Å². The van der Waals surface area contributed by atoms with Crippen molar-refractivity contribution in [3.63, 3.8) is 0 Å². The summed E-state index contributed by atoms with van der Waals surface area (Å²) in [5, 5.41) is 11.3. The van der Waals surface area contributed by atoms with Crippen LogP contribution in [0.4, 0.5) is 0 Å². The van der Waals surface area contributed by atoms with Crippen LogP contribution in [0, 0.1) is 6.92 Å². The maximum absolute atomic E-state index is 11.7. The maximum Gasteiger partial charge on any atom is 0.328 e. The van der Waals surface area contributed by atoms with E-state index >= 15 is 0 Å². The second-order valence-corrected chi connectivity index (χ2v) is 4.67. The number of aryl methyl sites for hydroxylation is 1. The van der Waals surface area contributed by atoms with Crippen LogP contribution in [0.2, 0.25) is 0 Å². The number of rotatable bonds is 5. The molecule has 0 saturated heterocycles. The Labute approximate surface area is 104 Å². The van der Waals surface area contributed by atoms with Crippen LogP contribution in [0.15, 0.2) is 12.1 Å². The van der Waals surface area contributed by atoms with Crippen molar-refractivity contribution in [2.45, 2.75) is 20.3 Å². The standard InChI is InChI=1S/C12H15NO3S/c1-3-6-13-12(16)10-7-8(2)9(17-10)4-5-11(14)15/h4-5,7H,3,6H2,1-2H3,(H,13,16)(H,14,15). The summed E-state index contributed by atoms with van der Waals surface area (Å²) in [5.74, 6) is -1.09. The highest BCUT2D eigenvalue weighted by molar-refractivity contribution is 7.15.